The van der Waals surface area contributed by atoms with E-state index in [1.54, 1.807) is 30.5 Å². The van der Waals surface area contributed by atoms with Gasteiger partial charge in [-0.1, -0.05) is 29.8 Å². The smallest absolute Gasteiger partial charge is 0.243 e. The lowest BCUT2D eigenvalue weighted by atomic mass is 10.2. The van der Waals surface area contributed by atoms with Crippen LogP contribution in [0.3, 0.4) is 0 Å². The van der Waals surface area contributed by atoms with E-state index in [0.717, 1.165) is 24.1 Å². The molecule has 0 fully saturated rings. The molecule has 0 amide bonds. The lowest BCUT2D eigenvalue weighted by Crippen LogP contribution is -2.32. The summed E-state index contributed by atoms with van der Waals surface area (Å²) in [5, 5.41) is 0.617. The van der Waals surface area contributed by atoms with Crippen molar-refractivity contribution < 1.29 is 12.8 Å². The molecule has 126 valence electrons. The van der Waals surface area contributed by atoms with Crippen LogP contribution in [0.1, 0.15) is 32.4 Å². The highest BCUT2D eigenvalue weighted by atomic mass is 79.9. The molecule has 0 radical (unpaired) electrons. The molecule has 7 heteroatoms. The van der Waals surface area contributed by atoms with Gasteiger partial charge in [-0.3, -0.25) is 0 Å². The molecule has 0 saturated carbocycles. The van der Waals surface area contributed by atoms with Crippen LogP contribution in [0.25, 0.3) is 11.5 Å². The molecule has 0 N–H and O–H groups in total. The largest absolute Gasteiger partial charge is 0.444 e. The van der Waals surface area contributed by atoms with Gasteiger partial charge in [-0.25, -0.2) is 13.4 Å². The fourth-order valence-corrected chi connectivity index (χ4v) is 4.15. The molecule has 2 aromatic rings. The molecule has 0 saturated heterocycles. The molecule has 0 aliphatic heterocycles. The van der Waals surface area contributed by atoms with Crippen LogP contribution in [-0.4, -0.2) is 30.8 Å². The van der Waals surface area contributed by atoms with Crippen molar-refractivity contribution in [3.63, 3.8) is 0 Å². The minimum absolute atomic E-state index is 0.301. The molecule has 0 aliphatic rings. The Hall–Kier alpha value is -1.18. The number of alkyl halides is 1. The van der Waals surface area contributed by atoms with E-state index in [9.17, 15) is 8.42 Å². The first-order valence-corrected chi connectivity index (χ1v) is 10.2. The quantitative estimate of drug-likeness (QED) is 0.626. The van der Waals surface area contributed by atoms with Crippen molar-refractivity contribution in [2.24, 2.45) is 0 Å². The summed E-state index contributed by atoms with van der Waals surface area (Å²) in [6.45, 7) is 5.02. The number of hydrogen-bond acceptors (Lipinski definition) is 4. The molecule has 5 nitrogen and oxygen atoms in total. The SMILES string of the molecule is CCCN(CCC)S(=O)(=O)c1ccc(-c2nc(CBr)co2)cc1. The number of hydrogen-bond donors (Lipinski definition) is 0. The first kappa shape index (κ1) is 18.2. The number of benzene rings is 1. The van der Waals surface area contributed by atoms with Crippen LogP contribution in [0.4, 0.5) is 0 Å². The van der Waals surface area contributed by atoms with E-state index < -0.39 is 10.0 Å². The van der Waals surface area contributed by atoms with Crippen molar-refractivity contribution in [1.29, 1.82) is 0 Å². The van der Waals surface area contributed by atoms with Gasteiger partial charge < -0.3 is 4.42 Å². The topological polar surface area (TPSA) is 63.4 Å². The minimum Gasteiger partial charge on any atom is -0.444 e. The van der Waals surface area contributed by atoms with Crippen molar-refractivity contribution in [2.45, 2.75) is 36.9 Å². The van der Waals surface area contributed by atoms with Gasteiger partial charge in [0.1, 0.15) is 6.26 Å². The van der Waals surface area contributed by atoms with Crippen molar-refractivity contribution in [3.05, 3.63) is 36.2 Å². The van der Waals surface area contributed by atoms with Gasteiger partial charge >= 0.3 is 0 Å². The van der Waals surface area contributed by atoms with Gasteiger partial charge in [-0.2, -0.15) is 4.31 Å². The Balaban J connectivity index is 2.26. The fraction of sp³-hybridized carbons (Fsp3) is 0.438. The summed E-state index contributed by atoms with van der Waals surface area (Å²) in [7, 11) is -3.45. The molecular weight excluding hydrogens is 380 g/mol. The molecule has 0 aliphatic carbocycles. The van der Waals surface area contributed by atoms with E-state index in [2.05, 4.69) is 20.9 Å². The van der Waals surface area contributed by atoms with Crippen LogP contribution < -0.4 is 0 Å². The van der Waals surface area contributed by atoms with E-state index in [0.29, 0.717) is 29.2 Å². The number of aromatic nitrogens is 1. The highest BCUT2D eigenvalue weighted by Gasteiger charge is 2.23. The Labute approximate surface area is 145 Å². The van der Waals surface area contributed by atoms with E-state index in [1.165, 1.54) is 4.31 Å². The molecule has 23 heavy (non-hydrogen) atoms. The number of sulfonamides is 1. The lowest BCUT2D eigenvalue weighted by molar-refractivity contribution is 0.410. The molecular formula is C16H21BrN2O3S. The third-order valence-electron chi connectivity index (χ3n) is 3.37. The van der Waals surface area contributed by atoms with Crippen LogP contribution in [0, 0.1) is 0 Å². The third-order valence-corrected chi connectivity index (χ3v) is 5.86. The van der Waals surface area contributed by atoms with E-state index >= 15 is 0 Å². The normalized spacial score (nSPS) is 12.0. The van der Waals surface area contributed by atoms with Crippen molar-refractivity contribution in [2.75, 3.05) is 13.1 Å². The molecule has 0 bridgehead atoms. The van der Waals surface area contributed by atoms with Crippen LogP contribution in [0.2, 0.25) is 0 Å². The summed E-state index contributed by atoms with van der Waals surface area (Å²) >= 11 is 3.32. The summed E-state index contributed by atoms with van der Waals surface area (Å²) in [5.41, 5.74) is 1.56. The van der Waals surface area contributed by atoms with Crippen molar-refractivity contribution in [3.8, 4) is 11.5 Å². The van der Waals surface area contributed by atoms with Gasteiger partial charge in [0.15, 0.2) is 0 Å². The second-order valence-electron chi connectivity index (χ2n) is 5.21. The fourth-order valence-electron chi connectivity index (χ4n) is 2.27. The zero-order valence-corrected chi connectivity index (χ0v) is 15.7. The second kappa shape index (κ2) is 8.08. The van der Waals surface area contributed by atoms with E-state index in [-0.39, 0.29) is 0 Å². The standard InChI is InChI=1S/C16H21BrN2O3S/c1-3-9-19(10-4-2)23(20,21)15-7-5-13(6-8-15)16-18-14(11-17)12-22-16/h5-8,12H,3-4,9-11H2,1-2H3. The summed E-state index contributed by atoms with van der Waals surface area (Å²) in [4.78, 5) is 4.61. The molecule has 0 atom stereocenters. The van der Waals surface area contributed by atoms with E-state index in [4.69, 9.17) is 4.42 Å². The molecule has 0 spiro atoms. The maximum absolute atomic E-state index is 12.7. The Bertz CT molecular complexity index is 720. The summed E-state index contributed by atoms with van der Waals surface area (Å²) in [6.07, 6.45) is 3.17. The van der Waals surface area contributed by atoms with Crippen LogP contribution in [0.5, 0.6) is 0 Å². The van der Waals surface area contributed by atoms with Gasteiger partial charge in [-0.15, -0.1) is 0 Å². The van der Waals surface area contributed by atoms with Crippen molar-refractivity contribution in [1.82, 2.24) is 9.29 Å². The Kier molecular flexibility index (Phi) is 6.38. The number of oxazole rings is 1. The molecule has 1 aromatic carbocycles. The van der Waals surface area contributed by atoms with E-state index in [1.807, 2.05) is 13.8 Å². The number of halogens is 1. The average Bonchev–Trinajstić information content (AvgIpc) is 3.04. The molecule has 1 aromatic heterocycles. The summed E-state index contributed by atoms with van der Waals surface area (Å²) < 4.78 is 32.3. The molecule has 0 unspecified atom stereocenters. The van der Waals surface area contributed by atoms with Crippen LogP contribution in [-0.2, 0) is 15.4 Å². The highest BCUT2D eigenvalue weighted by Crippen LogP contribution is 2.23. The minimum atomic E-state index is -3.45. The lowest BCUT2D eigenvalue weighted by Gasteiger charge is -2.21. The van der Waals surface area contributed by atoms with Crippen LogP contribution in [0.15, 0.2) is 39.8 Å². The zero-order chi connectivity index (χ0) is 16.9. The Morgan fingerprint density at radius 2 is 1.74 bits per heavy atom. The first-order chi connectivity index (χ1) is 11.0. The molecule has 2 rings (SSSR count). The monoisotopic (exact) mass is 400 g/mol. The maximum Gasteiger partial charge on any atom is 0.243 e. The molecule has 1 heterocycles. The van der Waals surface area contributed by atoms with Gasteiger partial charge in [-0.05, 0) is 37.1 Å². The first-order valence-electron chi connectivity index (χ1n) is 7.63. The van der Waals surface area contributed by atoms with Gasteiger partial charge in [0.2, 0.25) is 15.9 Å². The van der Waals surface area contributed by atoms with Crippen molar-refractivity contribution >= 4 is 26.0 Å². The maximum atomic E-state index is 12.7. The van der Waals surface area contributed by atoms with Gasteiger partial charge in [0.05, 0.1) is 10.6 Å². The summed E-state index contributed by atoms with van der Waals surface area (Å²) in [5.74, 6) is 0.488. The predicted octanol–water partition coefficient (Wildman–Crippen LogP) is 4.05. The van der Waals surface area contributed by atoms with Gasteiger partial charge in [0.25, 0.3) is 0 Å². The Morgan fingerprint density at radius 3 is 2.22 bits per heavy atom. The van der Waals surface area contributed by atoms with Crippen LogP contribution >= 0.6 is 15.9 Å². The number of rotatable bonds is 8. The average molecular weight is 401 g/mol. The predicted molar refractivity (Wildman–Crippen MR) is 93.9 cm³/mol. The summed E-state index contributed by atoms with van der Waals surface area (Å²) in [6, 6.07) is 6.68. The highest BCUT2D eigenvalue weighted by molar-refractivity contribution is 9.08. The second-order valence-corrected chi connectivity index (χ2v) is 7.70. The third kappa shape index (κ3) is 4.22. The Morgan fingerprint density at radius 1 is 1.13 bits per heavy atom. The van der Waals surface area contributed by atoms with Gasteiger partial charge in [0, 0.05) is 24.0 Å². The number of nitrogens with zero attached hydrogens (tertiary/aromatic N) is 2. The zero-order valence-electron chi connectivity index (χ0n) is 13.3.